The Labute approximate surface area is 203 Å². The van der Waals surface area contributed by atoms with Crippen molar-refractivity contribution in [2.75, 3.05) is 28.3 Å². The molecule has 9 nitrogen and oxygen atoms in total. The monoisotopic (exact) mass is 477 g/mol. The fourth-order valence-electron chi connectivity index (χ4n) is 5.20. The second-order valence-corrected chi connectivity index (χ2v) is 9.07. The Morgan fingerprint density at radius 1 is 1.06 bits per heavy atom. The summed E-state index contributed by atoms with van der Waals surface area (Å²) >= 11 is 0. The number of para-hydroxylation sites is 4. The highest BCUT2D eigenvalue weighted by Gasteiger charge is 2.52. The number of carbonyl (C=O) groups is 4. The topological polar surface area (TPSA) is 105 Å². The molecule has 1 saturated carbocycles. The second-order valence-electron chi connectivity index (χ2n) is 9.07. The van der Waals surface area contributed by atoms with Gasteiger partial charge in [0.1, 0.15) is 11.3 Å². The molecule has 0 radical (unpaired) electrons. The molecule has 1 N–H and O–H groups in total. The Bertz CT molecular complexity index is 1190. The van der Waals surface area contributed by atoms with Gasteiger partial charge in [-0.25, -0.2) is 0 Å². The molecule has 3 aliphatic rings. The number of nitrogens with zero attached hydrogens (tertiary/aromatic N) is 2. The first-order valence-electron chi connectivity index (χ1n) is 11.9. The number of benzene rings is 2. The number of fused-ring (bicyclic) bond motifs is 2. The minimum Gasteiger partial charge on any atom is -0.479 e. The first-order chi connectivity index (χ1) is 16.9. The molecule has 2 aromatic rings. The van der Waals surface area contributed by atoms with Crippen LogP contribution in [0.2, 0.25) is 0 Å². The lowest BCUT2D eigenvalue weighted by Gasteiger charge is -2.44. The van der Waals surface area contributed by atoms with Gasteiger partial charge in [0, 0.05) is 6.54 Å². The van der Waals surface area contributed by atoms with E-state index in [0.717, 1.165) is 12.8 Å². The van der Waals surface area contributed by atoms with Crippen LogP contribution in [-0.2, 0) is 23.9 Å². The minimum atomic E-state index is -0.960. The highest BCUT2D eigenvalue weighted by molar-refractivity contribution is 6.15. The van der Waals surface area contributed by atoms with Crippen LogP contribution < -0.4 is 19.9 Å². The fraction of sp³-hybridized carbons (Fsp3) is 0.385. The lowest BCUT2D eigenvalue weighted by Crippen LogP contribution is -2.61. The van der Waals surface area contributed by atoms with Crippen molar-refractivity contribution in [2.45, 2.75) is 50.7 Å². The van der Waals surface area contributed by atoms with Crippen molar-refractivity contribution in [3.63, 3.8) is 0 Å². The van der Waals surface area contributed by atoms with E-state index in [9.17, 15) is 19.2 Å². The lowest BCUT2D eigenvalue weighted by atomic mass is 9.90. The number of anilines is 3. The smallest absolute Gasteiger partial charge is 0.308 e. The number of carbonyl (C=O) groups excluding carboxylic acids is 4. The van der Waals surface area contributed by atoms with Crippen LogP contribution in [0.4, 0.5) is 17.1 Å². The van der Waals surface area contributed by atoms with E-state index in [1.165, 1.54) is 9.80 Å². The van der Waals surface area contributed by atoms with Gasteiger partial charge in [-0.1, -0.05) is 37.1 Å². The predicted molar refractivity (Wildman–Crippen MR) is 128 cm³/mol. The fourth-order valence-corrected chi connectivity index (χ4v) is 5.20. The number of amides is 3. The molecule has 5 rings (SSSR count). The van der Waals surface area contributed by atoms with Crippen LogP contribution in [0.15, 0.2) is 48.5 Å². The Balaban J connectivity index is 1.26. The molecule has 2 aliphatic heterocycles. The molecule has 0 bridgehead atoms. The summed E-state index contributed by atoms with van der Waals surface area (Å²) in [5.41, 5.74) is 0.809. The van der Waals surface area contributed by atoms with E-state index < -0.39 is 30.1 Å². The summed E-state index contributed by atoms with van der Waals surface area (Å²) in [4.78, 5) is 54.5. The molecule has 35 heavy (non-hydrogen) atoms. The van der Waals surface area contributed by atoms with Gasteiger partial charge in [0.05, 0.1) is 23.5 Å². The predicted octanol–water partition coefficient (Wildman–Crippen LogP) is 3.03. The molecule has 1 fully saturated rings. The molecular formula is C26H27N3O6. The zero-order chi connectivity index (χ0) is 24.6. The molecule has 182 valence electrons. The van der Waals surface area contributed by atoms with Crippen molar-refractivity contribution < 1.29 is 28.7 Å². The van der Waals surface area contributed by atoms with E-state index in [2.05, 4.69) is 5.32 Å². The summed E-state index contributed by atoms with van der Waals surface area (Å²) in [6, 6.07) is 14.3. The van der Waals surface area contributed by atoms with Gasteiger partial charge in [-0.05, 0) is 44.0 Å². The van der Waals surface area contributed by atoms with Crippen LogP contribution in [0.3, 0.4) is 0 Å². The van der Waals surface area contributed by atoms with Crippen molar-refractivity contribution in [1.82, 2.24) is 0 Å². The van der Waals surface area contributed by atoms with E-state index in [4.69, 9.17) is 9.47 Å². The first kappa shape index (κ1) is 22.9. The minimum absolute atomic E-state index is 0.0811. The van der Waals surface area contributed by atoms with E-state index in [1.54, 1.807) is 43.3 Å². The van der Waals surface area contributed by atoms with Crippen molar-refractivity contribution in [3.8, 4) is 5.75 Å². The third-order valence-electron chi connectivity index (χ3n) is 6.89. The molecule has 3 amide bonds. The van der Waals surface area contributed by atoms with E-state index in [-0.39, 0.29) is 24.8 Å². The molecule has 0 saturated heterocycles. The molecule has 1 atom stereocenters. The van der Waals surface area contributed by atoms with Gasteiger partial charge in [-0.2, -0.15) is 0 Å². The van der Waals surface area contributed by atoms with Crippen LogP contribution in [0, 0.1) is 0 Å². The van der Waals surface area contributed by atoms with Crippen LogP contribution >= 0.6 is 0 Å². The average Bonchev–Trinajstić information content (AvgIpc) is 3.34. The normalized spacial score (nSPS) is 20.1. The van der Waals surface area contributed by atoms with E-state index >= 15 is 0 Å². The van der Waals surface area contributed by atoms with Gasteiger partial charge in [-0.15, -0.1) is 0 Å². The molecule has 2 aromatic carbocycles. The third kappa shape index (κ3) is 4.00. The molecular weight excluding hydrogens is 450 g/mol. The maximum atomic E-state index is 13.3. The molecule has 1 unspecified atom stereocenters. The van der Waals surface area contributed by atoms with Crippen molar-refractivity contribution in [3.05, 3.63) is 48.5 Å². The zero-order valence-electron chi connectivity index (χ0n) is 19.5. The SMILES string of the molecule is CC1Oc2ccccc2N(CCC(=O)OCC(=O)N2c3ccccc3NC(=O)C23CCCC3)C1=O. The average molecular weight is 478 g/mol. The number of nitrogens with one attached hydrogen (secondary N) is 1. The number of hydrogen-bond donors (Lipinski definition) is 1. The largest absolute Gasteiger partial charge is 0.479 e. The summed E-state index contributed by atoms with van der Waals surface area (Å²) in [6.45, 7) is 1.29. The van der Waals surface area contributed by atoms with Crippen LogP contribution in [0.1, 0.15) is 39.0 Å². The lowest BCUT2D eigenvalue weighted by molar-refractivity contribution is -0.148. The van der Waals surface area contributed by atoms with Crippen molar-refractivity contribution in [2.24, 2.45) is 0 Å². The Morgan fingerprint density at radius 2 is 1.74 bits per heavy atom. The Kier molecular flexibility index (Phi) is 5.92. The van der Waals surface area contributed by atoms with Gasteiger partial charge >= 0.3 is 5.97 Å². The molecule has 0 aromatic heterocycles. The number of ether oxygens (including phenoxy) is 2. The number of hydrogen-bond acceptors (Lipinski definition) is 6. The molecule has 1 aliphatic carbocycles. The van der Waals surface area contributed by atoms with Gasteiger partial charge < -0.3 is 19.7 Å². The zero-order valence-corrected chi connectivity index (χ0v) is 19.5. The molecule has 2 heterocycles. The summed E-state index contributed by atoms with van der Waals surface area (Å²) < 4.78 is 10.9. The van der Waals surface area contributed by atoms with E-state index in [0.29, 0.717) is 35.7 Å². The van der Waals surface area contributed by atoms with Gasteiger partial charge in [-0.3, -0.25) is 24.1 Å². The molecule has 1 spiro atoms. The maximum Gasteiger partial charge on any atom is 0.308 e. The standard InChI is InChI=1S/C26H27N3O6/c1-17-24(32)28(20-10-4-5-11-21(20)35-17)15-12-23(31)34-16-22(30)29-19-9-3-2-8-18(19)27-25(33)26(29)13-6-7-14-26/h2-5,8-11,17H,6-7,12-16H2,1H3,(H,27,33). The summed E-state index contributed by atoms with van der Waals surface area (Å²) in [5, 5.41) is 2.93. The van der Waals surface area contributed by atoms with Gasteiger partial charge in [0.25, 0.3) is 17.7 Å². The quantitative estimate of drug-likeness (QED) is 0.664. The molecule has 9 heteroatoms. The number of rotatable bonds is 5. The maximum absolute atomic E-state index is 13.3. The van der Waals surface area contributed by atoms with Crippen molar-refractivity contribution in [1.29, 1.82) is 0 Å². The van der Waals surface area contributed by atoms with Crippen LogP contribution in [-0.4, -0.2) is 48.5 Å². The first-order valence-corrected chi connectivity index (χ1v) is 11.9. The Morgan fingerprint density at radius 3 is 2.51 bits per heavy atom. The second kappa shape index (κ2) is 9.05. The van der Waals surface area contributed by atoms with Crippen LogP contribution in [0.25, 0.3) is 0 Å². The van der Waals surface area contributed by atoms with Gasteiger partial charge in [0.15, 0.2) is 12.7 Å². The van der Waals surface area contributed by atoms with E-state index in [1.807, 2.05) is 12.1 Å². The Hall–Kier alpha value is -3.88. The van der Waals surface area contributed by atoms with Crippen molar-refractivity contribution >= 4 is 40.8 Å². The highest BCUT2D eigenvalue weighted by atomic mass is 16.5. The number of esters is 1. The summed E-state index contributed by atoms with van der Waals surface area (Å²) in [7, 11) is 0. The van der Waals surface area contributed by atoms with Crippen LogP contribution in [0.5, 0.6) is 5.75 Å². The third-order valence-corrected chi connectivity index (χ3v) is 6.89. The summed E-state index contributed by atoms with van der Waals surface area (Å²) in [5.74, 6) is -0.910. The summed E-state index contributed by atoms with van der Waals surface area (Å²) in [6.07, 6.45) is 2.06. The van der Waals surface area contributed by atoms with Gasteiger partial charge in [0.2, 0.25) is 0 Å². The highest BCUT2D eigenvalue weighted by Crippen LogP contribution is 2.45.